The third kappa shape index (κ3) is 4.20. The number of nitrogens with zero attached hydrogens (tertiary/aromatic N) is 1. The van der Waals surface area contributed by atoms with Gasteiger partial charge in [0.25, 0.3) is 5.91 Å². The zero-order chi connectivity index (χ0) is 15.3. The second-order valence-electron chi connectivity index (χ2n) is 4.90. The van der Waals surface area contributed by atoms with Crippen LogP contribution in [0.2, 0.25) is 0 Å². The lowest BCUT2D eigenvalue weighted by Crippen LogP contribution is -2.19. The SMILES string of the molecule is CC(C(=O)O)=C(C)C(=O)Nc1ccccc1CN(C)C. The molecule has 0 aliphatic heterocycles. The summed E-state index contributed by atoms with van der Waals surface area (Å²) >= 11 is 0. The number of aliphatic carboxylic acids is 1. The van der Waals surface area contributed by atoms with Crippen LogP contribution in [0.1, 0.15) is 19.4 Å². The average molecular weight is 276 g/mol. The van der Waals surface area contributed by atoms with E-state index in [4.69, 9.17) is 5.11 Å². The minimum atomic E-state index is -1.08. The summed E-state index contributed by atoms with van der Waals surface area (Å²) in [6.45, 7) is 3.62. The van der Waals surface area contributed by atoms with E-state index in [1.54, 1.807) is 6.07 Å². The average Bonchev–Trinajstić information content (AvgIpc) is 2.38. The molecule has 0 atom stereocenters. The molecule has 5 nitrogen and oxygen atoms in total. The van der Waals surface area contributed by atoms with E-state index in [0.717, 1.165) is 5.56 Å². The van der Waals surface area contributed by atoms with E-state index >= 15 is 0 Å². The lowest BCUT2D eigenvalue weighted by molar-refractivity contribution is -0.133. The Kier molecular flexibility index (Phi) is 5.46. The van der Waals surface area contributed by atoms with E-state index in [-0.39, 0.29) is 11.1 Å². The molecule has 0 spiro atoms. The topological polar surface area (TPSA) is 69.6 Å². The number of benzene rings is 1. The van der Waals surface area contributed by atoms with Gasteiger partial charge in [0.05, 0.1) is 0 Å². The Morgan fingerprint density at radius 2 is 1.75 bits per heavy atom. The van der Waals surface area contributed by atoms with E-state index in [1.165, 1.54) is 13.8 Å². The molecular weight excluding hydrogens is 256 g/mol. The summed E-state index contributed by atoms with van der Waals surface area (Å²) < 4.78 is 0. The molecule has 2 N–H and O–H groups in total. The van der Waals surface area contributed by atoms with E-state index in [9.17, 15) is 9.59 Å². The van der Waals surface area contributed by atoms with Gasteiger partial charge in [-0.2, -0.15) is 0 Å². The molecule has 1 aromatic rings. The van der Waals surface area contributed by atoms with Crippen LogP contribution in [0.5, 0.6) is 0 Å². The van der Waals surface area contributed by atoms with E-state index in [1.807, 2.05) is 37.2 Å². The molecule has 5 heteroatoms. The van der Waals surface area contributed by atoms with Crippen molar-refractivity contribution < 1.29 is 14.7 Å². The molecule has 1 rings (SSSR count). The molecule has 0 aliphatic rings. The Labute approximate surface area is 118 Å². The molecule has 0 saturated heterocycles. The number of carbonyl (C=O) groups excluding carboxylic acids is 1. The first-order chi connectivity index (χ1) is 9.32. The first-order valence-electron chi connectivity index (χ1n) is 6.27. The van der Waals surface area contributed by atoms with Gasteiger partial charge < -0.3 is 15.3 Å². The maximum Gasteiger partial charge on any atom is 0.331 e. The fourth-order valence-corrected chi connectivity index (χ4v) is 1.67. The van der Waals surface area contributed by atoms with Crippen molar-refractivity contribution in [3.8, 4) is 0 Å². The van der Waals surface area contributed by atoms with E-state index < -0.39 is 11.9 Å². The summed E-state index contributed by atoms with van der Waals surface area (Å²) in [5, 5.41) is 11.7. The number of carbonyl (C=O) groups is 2. The second-order valence-corrected chi connectivity index (χ2v) is 4.90. The molecule has 0 bridgehead atoms. The first kappa shape index (κ1) is 15.9. The van der Waals surface area contributed by atoms with Crippen molar-refractivity contribution in [2.24, 2.45) is 0 Å². The van der Waals surface area contributed by atoms with Gasteiger partial charge in [-0.1, -0.05) is 18.2 Å². The number of amides is 1. The highest BCUT2D eigenvalue weighted by molar-refractivity contribution is 6.08. The maximum absolute atomic E-state index is 12.1. The number of rotatable bonds is 5. The van der Waals surface area contributed by atoms with Gasteiger partial charge in [-0.05, 0) is 39.6 Å². The molecule has 0 fully saturated rings. The second kappa shape index (κ2) is 6.86. The zero-order valence-corrected chi connectivity index (χ0v) is 12.2. The van der Waals surface area contributed by atoms with Crippen molar-refractivity contribution in [1.82, 2.24) is 4.90 Å². The highest BCUT2D eigenvalue weighted by Crippen LogP contribution is 2.17. The number of hydrogen-bond donors (Lipinski definition) is 2. The van der Waals surface area contributed by atoms with Gasteiger partial charge in [-0.15, -0.1) is 0 Å². The summed E-state index contributed by atoms with van der Waals surface area (Å²) in [4.78, 5) is 24.9. The van der Waals surface area contributed by atoms with Crippen LogP contribution in [-0.4, -0.2) is 36.0 Å². The number of nitrogens with one attached hydrogen (secondary N) is 1. The summed E-state index contributed by atoms with van der Waals surface area (Å²) in [6, 6.07) is 7.47. The molecular formula is C15H20N2O3. The summed E-state index contributed by atoms with van der Waals surface area (Å²) in [5.74, 6) is -1.48. The quantitative estimate of drug-likeness (QED) is 0.808. The Morgan fingerprint density at radius 3 is 2.30 bits per heavy atom. The van der Waals surface area contributed by atoms with Crippen molar-refractivity contribution in [2.45, 2.75) is 20.4 Å². The van der Waals surface area contributed by atoms with Gasteiger partial charge >= 0.3 is 5.97 Å². The minimum absolute atomic E-state index is 0.0487. The molecule has 0 aromatic heterocycles. The highest BCUT2D eigenvalue weighted by Gasteiger charge is 2.14. The standard InChI is InChI=1S/C15H20N2O3/c1-10(11(2)15(19)20)14(18)16-13-8-6-5-7-12(13)9-17(3)4/h5-8H,9H2,1-4H3,(H,16,18)(H,19,20). The molecule has 108 valence electrons. The summed E-state index contributed by atoms with van der Waals surface area (Å²) in [7, 11) is 3.89. The van der Waals surface area contributed by atoms with Crippen LogP contribution >= 0.6 is 0 Å². The maximum atomic E-state index is 12.1. The van der Waals surface area contributed by atoms with E-state index in [0.29, 0.717) is 12.2 Å². The highest BCUT2D eigenvalue weighted by atomic mass is 16.4. The van der Waals surface area contributed by atoms with Crippen molar-refractivity contribution in [3.63, 3.8) is 0 Å². The summed E-state index contributed by atoms with van der Waals surface area (Å²) in [5.41, 5.74) is 1.93. The van der Waals surface area contributed by atoms with Crippen LogP contribution in [-0.2, 0) is 16.1 Å². The normalized spacial score (nSPS) is 12.1. The van der Waals surface area contributed by atoms with Crippen LogP contribution in [0.4, 0.5) is 5.69 Å². The lowest BCUT2D eigenvalue weighted by Gasteiger charge is -2.15. The Bertz CT molecular complexity index is 548. The first-order valence-corrected chi connectivity index (χ1v) is 6.27. The monoisotopic (exact) mass is 276 g/mol. The predicted octanol–water partition coefficient (Wildman–Crippen LogP) is 2.11. The van der Waals surface area contributed by atoms with Crippen LogP contribution < -0.4 is 5.32 Å². The van der Waals surface area contributed by atoms with Crippen LogP contribution in [0.3, 0.4) is 0 Å². The number of para-hydroxylation sites is 1. The molecule has 20 heavy (non-hydrogen) atoms. The predicted molar refractivity (Wildman–Crippen MR) is 78.5 cm³/mol. The number of carboxylic acid groups (broad SMARTS) is 1. The smallest absolute Gasteiger partial charge is 0.331 e. The van der Waals surface area contributed by atoms with Crippen molar-refractivity contribution in [3.05, 3.63) is 41.0 Å². The van der Waals surface area contributed by atoms with Crippen molar-refractivity contribution in [2.75, 3.05) is 19.4 Å². The zero-order valence-electron chi connectivity index (χ0n) is 12.2. The van der Waals surface area contributed by atoms with Crippen LogP contribution in [0.15, 0.2) is 35.4 Å². The molecule has 0 unspecified atom stereocenters. The lowest BCUT2D eigenvalue weighted by atomic mass is 10.1. The van der Waals surface area contributed by atoms with Gasteiger partial charge in [-0.3, -0.25) is 4.79 Å². The fraction of sp³-hybridized carbons (Fsp3) is 0.333. The minimum Gasteiger partial charge on any atom is -0.478 e. The van der Waals surface area contributed by atoms with E-state index in [2.05, 4.69) is 5.32 Å². The largest absolute Gasteiger partial charge is 0.478 e. The molecule has 1 aromatic carbocycles. The molecule has 0 heterocycles. The van der Waals surface area contributed by atoms with Crippen molar-refractivity contribution in [1.29, 1.82) is 0 Å². The number of hydrogen-bond acceptors (Lipinski definition) is 3. The van der Waals surface area contributed by atoms with Gasteiger partial charge in [0, 0.05) is 23.4 Å². The Morgan fingerprint density at radius 1 is 1.15 bits per heavy atom. The van der Waals surface area contributed by atoms with Gasteiger partial charge in [0.1, 0.15) is 0 Å². The number of carboxylic acids is 1. The van der Waals surface area contributed by atoms with Crippen LogP contribution in [0.25, 0.3) is 0 Å². The number of anilines is 1. The molecule has 0 radical (unpaired) electrons. The fourth-order valence-electron chi connectivity index (χ4n) is 1.67. The Balaban J connectivity index is 2.97. The third-order valence-electron chi connectivity index (χ3n) is 2.98. The van der Waals surface area contributed by atoms with Crippen LogP contribution in [0, 0.1) is 0 Å². The molecule has 0 aliphatic carbocycles. The Hall–Kier alpha value is -2.14. The molecule has 1 amide bonds. The molecule has 0 saturated carbocycles. The van der Waals surface area contributed by atoms with Crippen molar-refractivity contribution >= 4 is 17.6 Å². The van der Waals surface area contributed by atoms with Gasteiger partial charge in [-0.25, -0.2) is 4.79 Å². The van der Waals surface area contributed by atoms with Gasteiger partial charge in [0.2, 0.25) is 0 Å². The van der Waals surface area contributed by atoms with Gasteiger partial charge in [0.15, 0.2) is 0 Å². The third-order valence-corrected chi connectivity index (χ3v) is 2.98. The summed E-state index contributed by atoms with van der Waals surface area (Å²) in [6.07, 6.45) is 0.